The zero-order valence-corrected chi connectivity index (χ0v) is 11.8. The lowest BCUT2D eigenvalue weighted by molar-refractivity contribution is 1.25. The van der Waals surface area contributed by atoms with E-state index in [1.165, 1.54) is 0 Å². The van der Waals surface area contributed by atoms with E-state index in [9.17, 15) is 0 Å². The smallest absolute Gasteiger partial charge is 0.144 e. The second-order valence-corrected chi connectivity index (χ2v) is 5.13. The molecule has 0 radical (unpaired) electrons. The first-order valence-corrected chi connectivity index (χ1v) is 6.39. The second kappa shape index (κ2) is 4.97. The molecule has 1 N–H and O–H groups in total. The van der Waals surface area contributed by atoms with Gasteiger partial charge < -0.3 is 5.32 Å². The number of aryl methyl sites for hydroxylation is 1. The quantitative estimate of drug-likeness (QED) is 0.859. The molecule has 0 bridgehead atoms. The lowest BCUT2D eigenvalue weighted by atomic mass is 10.3. The molecule has 1 aromatic carbocycles. The number of nitrogens with one attached hydrogen (secondary N) is 1. The Morgan fingerprint density at radius 3 is 2.75 bits per heavy atom. The Labute approximate surface area is 111 Å². The number of hydrogen-bond acceptors (Lipinski definition) is 2. The number of halogens is 2. The van der Waals surface area contributed by atoms with E-state index < -0.39 is 0 Å². The molecule has 0 spiro atoms. The zero-order chi connectivity index (χ0) is 11.5. The third-order valence-electron chi connectivity index (χ3n) is 2.17. The molecule has 82 valence electrons. The lowest BCUT2D eigenvalue weighted by Gasteiger charge is -2.09. The molecule has 1 aromatic heterocycles. The Morgan fingerprint density at radius 1 is 1.19 bits per heavy atom. The van der Waals surface area contributed by atoms with Crippen LogP contribution >= 0.6 is 31.9 Å². The fourth-order valence-corrected chi connectivity index (χ4v) is 2.06. The molecule has 0 amide bonds. The lowest BCUT2D eigenvalue weighted by Crippen LogP contribution is -1.95. The highest BCUT2D eigenvalue weighted by Crippen LogP contribution is 2.27. The summed E-state index contributed by atoms with van der Waals surface area (Å²) in [6.45, 7) is 2.04. The summed E-state index contributed by atoms with van der Waals surface area (Å²) in [6, 6.07) is 9.95. The normalized spacial score (nSPS) is 10.2. The molecule has 0 atom stereocenters. The number of anilines is 2. The van der Waals surface area contributed by atoms with Crippen molar-refractivity contribution in [1.82, 2.24) is 4.98 Å². The van der Waals surface area contributed by atoms with Gasteiger partial charge in [0.15, 0.2) is 0 Å². The topological polar surface area (TPSA) is 24.9 Å². The molecule has 2 nitrogen and oxygen atoms in total. The van der Waals surface area contributed by atoms with Crippen molar-refractivity contribution in [3.63, 3.8) is 0 Å². The van der Waals surface area contributed by atoms with Crippen LogP contribution in [0.1, 0.15) is 5.56 Å². The van der Waals surface area contributed by atoms with Crippen LogP contribution in [0.2, 0.25) is 0 Å². The van der Waals surface area contributed by atoms with Gasteiger partial charge in [-0.05, 0) is 52.7 Å². The van der Waals surface area contributed by atoms with Gasteiger partial charge in [-0.25, -0.2) is 4.98 Å². The van der Waals surface area contributed by atoms with Gasteiger partial charge in [-0.1, -0.05) is 22.0 Å². The molecule has 2 rings (SSSR count). The summed E-state index contributed by atoms with van der Waals surface area (Å²) in [4.78, 5) is 4.29. The SMILES string of the molecule is Cc1ccnc(Nc2cccc(Br)c2)c1Br. The van der Waals surface area contributed by atoms with Gasteiger partial charge in [-0.2, -0.15) is 0 Å². The van der Waals surface area contributed by atoms with Crippen LogP contribution in [0, 0.1) is 6.92 Å². The van der Waals surface area contributed by atoms with Crippen molar-refractivity contribution >= 4 is 43.4 Å². The van der Waals surface area contributed by atoms with Crippen LogP contribution < -0.4 is 5.32 Å². The molecular formula is C12H10Br2N2. The van der Waals surface area contributed by atoms with Gasteiger partial charge in [-0.3, -0.25) is 0 Å². The molecule has 2 aromatic rings. The van der Waals surface area contributed by atoms with Gasteiger partial charge >= 0.3 is 0 Å². The van der Waals surface area contributed by atoms with E-state index in [0.717, 1.165) is 26.0 Å². The van der Waals surface area contributed by atoms with Crippen LogP contribution in [0.15, 0.2) is 45.5 Å². The van der Waals surface area contributed by atoms with Crippen LogP contribution in [-0.4, -0.2) is 4.98 Å². The predicted molar refractivity (Wildman–Crippen MR) is 74.1 cm³/mol. The number of aromatic nitrogens is 1. The highest BCUT2D eigenvalue weighted by molar-refractivity contribution is 9.11. The molecule has 0 saturated carbocycles. The standard InChI is InChI=1S/C12H10Br2N2/c1-8-5-6-15-12(11(8)14)16-10-4-2-3-9(13)7-10/h2-7H,1H3,(H,15,16). The number of benzene rings is 1. The summed E-state index contributed by atoms with van der Waals surface area (Å²) in [5, 5.41) is 3.27. The number of rotatable bonds is 2. The first kappa shape index (κ1) is 11.6. The van der Waals surface area contributed by atoms with E-state index in [1.54, 1.807) is 6.20 Å². The van der Waals surface area contributed by atoms with Gasteiger partial charge in [0.1, 0.15) is 5.82 Å². The van der Waals surface area contributed by atoms with Crippen molar-refractivity contribution < 1.29 is 0 Å². The Bertz CT molecular complexity index is 512. The van der Waals surface area contributed by atoms with Crippen molar-refractivity contribution in [2.45, 2.75) is 6.92 Å². The monoisotopic (exact) mass is 340 g/mol. The maximum Gasteiger partial charge on any atom is 0.144 e. The van der Waals surface area contributed by atoms with Crippen LogP contribution in [0.5, 0.6) is 0 Å². The molecule has 0 fully saturated rings. The molecule has 16 heavy (non-hydrogen) atoms. The maximum absolute atomic E-state index is 4.29. The highest BCUT2D eigenvalue weighted by atomic mass is 79.9. The average Bonchev–Trinajstić information content (AvgIpc) is 2.25. The van der Waals surface area contributed by atoms with Crippen molar-refractivity contribution in [2.24, 2.45) is 0 Å². The first-order valence-electron chi connectivity index (χ1n) is 4.80. The Balaban J connectivity index is 2.31. The first-order chi connectivity index (χ1) is 7.66. The summed E-state index contributed by atoms with van der Waals surface area (Å²) < 4.78 is 2.04. The predicted octanol–water partition coefficient (Wildman–Crippen LogP) is 4.66. The number of nitrogens with zero attached hydrogens (tertiary/aromatic N) is 1. The third-order valence-corrected chi connectivity index (χ3v) is 3.66. The van der Waals surface area contributed by atoms with Crippen molar-refractivity contribution in [3.05, 3.63) is 51.0 Å². The molecule has 0 aliphatic rings. The van der Waals surface area contributed by atoms with E-state index >= 15 is 0 Å². The summed E-state index contributed by atoms with van der Waals surface area (Å²) in [5.41, 5.74) is 2.17. The molecular weight excluding hydrogens is 332 g/mol. The van der Waals surface area contributed by atoms with Crippen LogP contribution in [0.25, 0.3) is 0 Å². The van der Waals surface area contributed by atoms with E-state index in [0.29, 0.717) is 0 Å². The van der Waals surface area contributed by atoms with Gasteiger partial charge in [0, 0.05) is 16.4 Å². The number of pyridine rings is 1. The third kappa shape index (κ3) is 2.62. The zero-order valence-electron chi connectivity index (χ0n) is 8.67. The fourth-order valence-electron chi connectivity index (χ4n) is 1.33. The summed E-state index contributed by atoms with van der Waals surface area (Å²) in [5.74, 6) is 0.832. The average molecular weight is 342 g/mol. The van der Waals surface area contributed by atoms with Crippen molar-refractivity contribution in [2.75, 3.05) is 5.32 Å². The summed E-state index contributed by atoms with van der Waals surface area (Å²) in [7, 11) is 0. The summed E-state index contributed by atoms with van der Waals surface area (Å²) >= 11 is 6.96. The minimum absolute atomic E-state index is 0.832. The van der Waals surface area contributed by atoms with Crippen LogP contribution in [0.3, 0.4) is 0 Å². The Hall–Kier alpha value is -0.870. The van der Waals surface area contributed by atoms with E-state index in [1.807, 2.05) is 37.3 Å². The summed E-state index contributed by atoms with van der Waals surface area (Å²) in [6.07, 6.45) is 1.79. The molecule has 0 saturated heterocycles. The molecule has 0 unspecified atom stereocenters. The molecule has 4 heteroatoms. The maximum atomic E-state index is 4.29. The van der Waals surface area contributed by atoms with E-state index in [4.69, 9.17) is 0 Å². The van der Waals surface area contributed by atoms with Gasteiger partial charge in [0.25, 0.3) is 0 Å². The fraction of sp³-hybridized carbons (Fsp3) is 0.0833. The van der Waals surface area contributed by atoms with Gasteiger partial charge in [-0.15, -0.1) is 0 Å². The largest absolute Gasteiger partial charge is 0.339 e. The van der Waals surface area contributed by atoms with Crippen molar-refractivity contribution in [1.29, 1.82) is 0 Å². The second-order valence-electron chi connectivity index (χ2n) is 3.43. The minimum Gasteiger partial charge on any atom is -0.339 e. The highest BCUT2D eigenvalue weighted by Gasteiger charge is 2.04. The minimum atomic E-state index is 0.832. The van der Waals surface area contributed by atoms with Crippen molar-refractivity contribution in [3.8, 4) is 0 Å². The van der Waals surface area contributed by atoms with Crippen LogP contribution in [0.4, 0.5) is 11.5 Å². The van der Waals surface area contributed by atoms with Crippen LogP contribution in [-0.2, 0) is 0 Å². The molecule has 0 aliphatic heterocycles. The number of hydrogen-bond donors (Lipinski definition) is 1. The van der Waals surface area contributed by atoms with Gasteiger partial charge in [0.05, 0.1) is 4.47 Å². The molecule has 1 heterocycles. The van der Waals surface area contributed by atoms with E-state index in [2.05, 4.69) is 42.2 Å². The molecule has 0 aliphatic carbocycles. The van der Waals surface area contributed by atoms with E-state index in [-0.39, 0.29) is 0 Å². The Morgan fingerprint density at radius 2 is 2.00 bits per heavy atom. The van der Waals surface area contributed by atoms with Gasteiger partial charge in [0.2, 0.25) is 0 Å². The Kier molecular flexibility index (Phi) is 3.61.